The van der Waals surface area contributed by atoms with Crippen molar-refractivity contribution in [3.05, 3.63) is 29.8 Å². The van der Waals surface area contributed by atoms with E-state index in [4.69, 9.17) is 9.47 Å². The van der Waals surface area contributed by atoms with E-state index in [2.05, 4.69) is 0 Å². The van der Waals surface area contributed by atoms with E-state index in [0.717, 1.165) is 31.7 Å². The highest BCUT2D eigenvalue weighted by Crippen LogP contribution is 2.12. The van der Waals surface area contributed by atoms with Crippen molar-refractivity contribution in [1.82, 2.24) is 0 Å². The molecule has 1 aromatic carbocycles. The zero-order valence-corrected chi connectivity index (χ0v) is 14.1. The van der Waals surface area contributed by atoms with E-state index in [1.165, 1.54) is 10.5 Å². The predicted molar refractivity (Wildman–Crippen MR) is 87.6 cm³/mol. The van der Waals surface area contributed by atoms with Gasteiger partial charge in [-0.05, 0) is 38.8 Å². The van der Waals surface area contributed by atoms with Crippen LogP contribution in [0.5, 0.6) is 5.75 Å². The maximum atomic E-state index is 11.8. The first kappa shape index (κ1) is 17.8. The molecular formula is C18H28NO4+. The van der Waals surface area contributed by atoms with E-state index in [1.54, 1.807) is 0 Å². The zero-order valence-electron chi connectivity index (χ0n) is 14.1. The first-order chi connectivity index (χ1) is 11.1. The summed E-state index contributed by atoms with van der Waals surface area (Å²) in [5.41, 5.74) is 1.18. The van der Waals surface area contributed by atoms with Crippen molar-refractivity contribution >= 4 is 5.97 Å². The summed E-state index contributed by atoms with van der Waals surface area (Å²) < 4.78 is 10.7. The molecule has 0 aliphatic carbocycles. The first-order valence-electron chi connectivity index (χ1n) is 8.46. The largest absolute Gasteiger partial charge is 0.491 e. The SMILES string of the molecule is CCOC(=O)[C@@H]1CCC[NH+](C[C@H](O)COc2ccc(C)cc2)C1. The second kappa shape index (κ2) is 8.89. The minimum atomic E-state index is -0.535. The topological polar surface area (TPSA) is 60.2 Å². The Morgan fingerprint density at radius 1 is 1.39 bits per heavy atom. The van der Waals surface area contributed by atoms with Gasteiger partial charge in [0.15, 0.2) is 0 Å². The summed E-state index contributed by atoms with van der Waals surface area (Å²) in [5.74, 6) is 0.631. The Morgan fingerprint density at radius 2 is 2.13 bits per heavy atom. The fraction of sp³-hybridized carbons (Fsp3) is 0.611. The van der Waals surface area contributed by atoms with Crippen LogP contribution in [0.4, 0.5) is 0 Å². The molecule has 1 aromatic rings. The number of nitrogens with one attached hydrogen (secondary N) is 1. The fourth-order valence-electron chi connectivity index (χ4n) is 3.02. The van der Waals surface area contributed by atoms with Crippen molar-refractivity contribution in [3.8, 4) is 5.75 Å². The quantitative estimate of drug-likeness (QED) is 0.722. The van der Waals surface area contributed by atoms with Crippen LogP contribution in [0.2, 0.25) is 0 Å². The van der Waals surface area contributed by atoms with E-state index in [-0.39, 0.29) is 18.5 Å². The molecule has 0 saturated carbocycles. The van der Waals surface area contributed by atoms with Gasteiger partial charge in [0, 0.05) is 0 Å². The lowest BCUT2D eigenvalue weighted by molar-refractivity contribution is -0.910. The number of quaternary nitrogens is 1. The van der Waals surface area contributed by atoms with Crippen molar-refractivity contribution in [3.63, 3.8) is 0 Å². The monoisotopic (exact) mass is 322 g/mol. The maximum absolute atomic E-state index is 11.8. The molecule has 1 unspecified atom stereocenters. The molecule has 0 bridgehead atoms. The number of carbonyl (C=O) groups excluding carboxylic acids is 1. The predicted octanol–water partition coefficient (Wildman–Crippen LogP) is 0.593. The molecule has 5 heteroatoms. The van der Waals surface area contributed by atoms with E-state index >= 15 is 0 Å². The molecule has 128 valence electrons. The van der Waals surface area contributed by atoms with Crippen molar-refractivity contribution in [1.29, 1.82) is 0 Å². The lowest BCUT2D eigenvalue weighted by Gasteiger charge is -2.30. The summed E-state index contributed by atoms with van der Waals surface area (Å²) in [5, 5.41) is 10.2. The van der Waals surface area contributed by atoms with Crippen LogP contribution in [-0.2, 0) is 9.53 Å². The van der Waals surface area contributed by atoms with Gasteiger partial charge in [-0.15, -0.1) is 0 Å². The van der Waals surface area contributed by atoms with Crippen LogP contribution in [0.15, 0.2) is 24.3 Å². The van der Waals surface area contributed by atoms with Gasteiger partial charge in [-0.25, -0.2) is 0 Å². The van der Waals surface area contributed by atoms with E-state index < -0.39 is 6.10 Å². The standard InChI is InChI=1S/C18H27NO4/c1-3-22-18(21)15-5-4-10-19(11-15)12-16(20)13-23-17-8-6-14(2)7-9-17/h6-9,15-16,20H,3-5,10-13H2,1-2H3/p+1/t15-,16+/m1/s1. The number of aryl methyl sites for hydroxylation is 1. The first-order valence-corrected chi connectivity index (χ1v) is 8.46. The number of hydrogen-bond donors (Lipinski definition) is 2. The molecule has 5 nitrogen and oxygen atoms in total. The summed E-state index contributed by atoms with van der Waals surface area (Å²) in [6.45, 7) is 6.88. The Labute approximate surface area is 138 Å². The minimum absolute atomic E-state index is 0.0380. The van der Waals surface area contributed by atoms with Gasteiger partial charge in [-0.1, -0.05) is 17.7 Å². The number of piperidine rings is 1. The van der Waals surface area contributed by atoms with Gasteiger partial charge in [-0.3, -0.25) is 4.79 Å². The molecule has 1 aliphatic rings. The van der Waals surface area contributed by atoms with Gasteiger partial charge in [0.1, 0.15) is 30.9 Å². The van der Waals surface area contributed by atoms with Crippen LogP contribution in [0.25, 0.3) is 0 Å². The van der Waals surface area contributed by atoms with Crippen molar-refractivity contribution < 1.29 is 24.3 Å². The number of aliphatic hydroxyl groups excluding tert-OH is 1. The highest BCUT2D eigenvalue weighted by Gasteiger charge is 2.30. The summed E-state index contributed by atoms with van der Waals surface area (Å²) in [4.78, 5) is 13.1. The number of rotatable bonds is 7. The third kappa shape index (κ3) is 5.84. The molecule has 1 heterocycles. The number of ether oxygens (including phenoxy) is 2. The Bertz CT molecular complexity index is 488. The van der Waals surface area contributed by atoms with Crippen LogP contribution in [-0.4, -0.2) is 50.0 Å². The van der Waals surface area contributed by atoms with Crippen LogP contribution < -0.4 is 9.64 Å². The molecule has 0 aromatic heterocycles. The Hall–Kier alpha value is -1.59. The molecule has 2 rings (SSSR count). The summed E-state index contributed by atoms with van der Waals surface area (Å²) in [7, 11) is 0. The maximum Gasteiger partial charge on any atom is 0.314 e. The van der Waals surface area contributed by atoms with Crippen molar-refractivity contribution in [2.24, 2.45) is 5.92 Å². The van der Waals surface area contributed by atoms with Gasteiger partial charge in [0.05, 0.1) is 19.7 Å². The third-order valence-electron chi connectivity index (χ3n) is 4.23. The molecule has 1 fully saturated rings. The average Bonchev–Trinajstić information content (AvgIpc) is 2.55. The van der Waals surface area contributed by atoms with Gasteiger partial charge in [0.2, 0.25) is 0 Å². The summed E-state index contributed by atoms with van der Waals surface area (Å²) in [6, 6.07) is 7.79. The Kier molecular flexibility index (Phi) is 6.86. The Morgan fingerprint density at radius 3 is 2.83 bits per heavy atom. The summed E-state index contributed by atoms with van der Waals surface area (Å²) in [6.07, 6.45) is 1.34. The molecule has 0 amide bonds. The molecule has 23 heavy (non-hydrogen) atoms. The van der Waals surface area contributed by atoms with E-state index in [0.29, 0.717) is 13.2 Å². The second-order valence-electron chi connectivity index (χ2n) is 6.28. The summed E-state index contributed by atoms with van der Waals surface area (Å²) >= 11 is 0. The van der Waals surface area contributed by atoms with Crippen molar-refractivity contribution in [2.75, 3.05) is 32.8 Å². The van der Waals surface area contributed by atoms with Gasteiger partial charge in [0.25, 0.3) is 0 Å². The minimum Gasteiger partial charge on any atom is -0.491 e. The molecule has 1 aliphatic heterocycles. The zero-order chi connectivity index (χ0) is 16.7. The number of hydrogen-bond acceptors (Lipinski definition) is 4. The van der Waals surface area contributed by atoms with Crippen LogP contribution >= 0.6 is 0 Å². The van der Waals surface area contributed by atoms with Crippen LogP contribution in [0.1, 0.15) is 25.3 Å². The lowest BCUT2D eigenvalue weighted by Crippen LogP contribution is -3.15. The highest BCUT2D eigenvalue weighted by molar-refractivity contribution is 5.72. The Balaban J connectivity index is 1.74. The van der Waals surface area contributed by atoms with E-state index in [1.807, 2.05) is 38.1 Å². The molecule has 3 atom stereocenters. The van der Waals surface area contributed by atoms with Crippen LogP contribution in [0.3, 0.4) is 0 Å². The van der Waals surface area contributed by atoms with E-state index in [9.17, 15) is 9.90 Å². The smallest absolute Gasteiger partial charge is 0.314 e. The number of esters is 1. The average molecular weight is 322 g/mol. The molecule has 0 radical (unpaired) electrons. The van der Waals surface area contributed by atoms with Gasteiger partial charge in [-0.2, -0.15) is 0 Å². The van der Waals surface area contributed by atoms with Gasteiger partial charge >= 0.3 is 5.97 Å². The highest BCUT2D eigenvalue weighted by atomic mass is 16.5. The molecular weight excluding hydrogens is 294 g/mol. The lowest BCUT2D eigenvalue weighted by atomic mass is 9.98. The number of likely N-dealkylation sites (tertiary alicyclic amines) is 1. The third-order valence-corrected chi connectivity index (χ3v) is 4.23. The molecule has 1 saturated heterocycles. The number of carbonyl (C=O) groups is 1. The second-order valence-corrected chi connectivity index (χ2v) is 6.28. The number of aliphatic hydroxyl groups is 1. The molecule has 0 spiro atoms. The van der Waals surface area contributed by atoms with Crippen molar-refractivity contribution in [2.45, 2.75) is 32.8 Å². The number of benzene rings is 1. The molecule has 2 N–H and O–H groups in total. The fourth-order valence-corrected chi connectivity index (χ4v) is 3.02. The van der Waals surface area contributed by atoms with Crippen LogP contribution in [0, 0.1) is 12.8 Å². The normalized spacial score (nSPS) is 22.4. The van der Waals surface area contributed by atoms with Gasteiger partial charge < -0.3 is 19.5 Å².